The molecule has 0 amide bonds. The molecule has 0 aliphatic carbocycles. The van der Waals surface area contributed by atoms with Crippen LogP contribution in [-0.4, -0.2) is 9.91 Å². The van der Waals surface area contributed by atoms with Crippen LogP contribution in [0, 0.1) is 10.1 Å². The molecule has 4 nitrogen and oxygen atoms in total. The number of benzene rings is 1. The number of H-pyrrole nitrogens is 1. The molecule has 0 radical (unpaired) electrons. The summed E-state index contributed by atoms with van der Waals surface area (Å²) >= 11 is 0. The van der Waals surface area contributed by atoms with Crippen molar-refractivity contribution < 1.29 is 18.1 Å². The van der Waals surface area contributed by atoms with Gasteiger partial charge in [0.15, 0.2) is 0 Å². The molecule has 2 aromatic rings. The van der Waals surface area contributed by atoms with Crippen molar-refractivity contribution in [3.8, 4) is 0 Å². The van der Waals surface area contributed by atoms with Crippen LogP contribution in [0.1, 0.15) is 5.56 Å². The molecule has 0 atom stereocenters. The number of aromatic amines is 1. The van der Waals surface area contributed by atoms with Crippen LogP contribution >= 0.6 is 0 Å². The lowest BCUT2D eigenvalue weighted by molar-refractivity contribution is -0.387. The van der Waals surface area contributed by atoms with E-state index in [1.165, 1.54) is 12.3 Å². The number of hydrogen-bond donors (Lipinski definition) is 1. The normalized spacial score (nSPS) is 11.9. The molecule has 0 saturated carbocycles. The average Bonchev–Trinajstić information content (AvgIpc) is 2.60. The first-order valence-electron chi connectivity index (χ1n) is 4.22. The van der Waals surface area contributed by atoms with Crippen LogP contribution in [0.2, 0.25) is 0 Å². The zero-order valence-electron chi connectivity index (χ0n) is 7.71. The fraction of sp³-hybridized carbons (Fsp3) is 0.111. The molecular formula is C9H5F3N2O2. The number of alkyl halides is 3. The second kappa shape index (κ2) is 3.22. The fourth-order valence-corrected chi connectivity index (χ4v) is 1.47. The van der Waals surface area contributed by atoms with Gasteiger partial charge < -0.3 is 4.98 Å². The van der Waals surface area contributed by atoms with E-state index in [0.717, 1.165) is 12.1 Å². The summed E-state index contributed by atoms with van der Waals surface area (Å²) in [6.07, 6.45) is -3.31. The number of nitro benzene ring substituents is 1. The number of nitrogens with one attached hydrogen (secondary N) is 1. The minimum atomic E-state index is -4.73. The summed E-state index contributed by atoms with van der Waals surface area (Å²) < 4.78 is 37.6. The van der Waals surface area contributed by atoms with E-state index in [-0.39, 0.29) is 5.52 Å². The Morgan fingerprint density at radius 1 is 1.31 bits per heavy atom. The van der Waals surface area contributed by atoms with Crippen LogP contribution in [0.4, 0.5) is 18.9 Å². The minimum Gasteiger partial charge on any atom is -0.361 e. The van der Waals surface area contributed by atoms with Gasteiger partial charge in [-0.05, 0) is 12.1 Å². The topological polar surface area (TPSA) is 58.9 Å². The standard InChI is InChI=1S/C9H5F3N2O2/c10-9(11,12)6-4-7-5(1-2-13-7)3-8(6)14(15)16/h1-4,13H. The van der Waals surface area contributed by atoms with Gasteiger partial charge in [-0.2, -0.15) is 13.2 Å². The molecule has 84 valence electrons. The third-order valence-corrected chi connectivity index (χ3v) is 2.17. The monoisotopic (exact) mass is 230 g/mol. The number of halogens is 3. The van der Waals surface area contributed by atoms with Gasteiger partial charge in [-0.25, -0.2) is 0 Å². The Bertz CT molecular complexity index is 559. The molecule has 0 spiro atoms. The molecule has 1 aromatic heterocycles. The SMILES string of the molecule is O=[N+]([O-])c1cc2cc[nH]c2cc1C(F)(F)F. The molecule has 7 heteroatoms. The number of nitrogens with zero attached hydrogens (tertiary/aromatic N) is 1. The van der Waals surface area contributed by atoms with Crippen molar-refractivity contribution in [1.82, 2.24) is 4.98 Å². The number of aromatic nitrogens is 1. The molecule has 0 unspecified atom stereocenters. The predicted octanol–water partition coefficient (Wildman–Crippen LogP) is 3.09. The Labute approximate surface area is 86.8 Å². The van der Waals surface area contributed by atoms with E-state index in [2.05, 4.69) is 4.98 Å². The van der Waals surface area contributed by atoms with Gasteiger partial charge in [0.2, 0.25) is 0 Å². The maximum atomic E-state index is 12.5. The van der Waals surface area contributed by atoms with Crippen LogP contribution in [-0.2, 0) is 6.18 Å². The lowest BCUT2D eigenvalue weighted by Crippen LogP contribution is -2.08. The molecule has 16 heavy (non-hydrogen) atoms. The predicted molar refractivity (Wildman–Crippen MR) is 50.0 cm³/mol. The van der Waals surface area contributed by atoms with Crippen molar-refractivity contribution in [2.24, 2.45) is 0 Å². The third-order valence-electron chi connectivity index (χ3n) is 2.17. The van der Waals surface area contributed by atoms with Crippen LogP contribution in [0.5, 0.6) is 0 Å². The van der Waals surface area contributed by atoms with E-state index in [1.807, 2.05) is 0 Å². The highest BCUT2D eigenvalue weighted by Gasteiger charge is 2.38. The molecule has 0 bridgehead atoms. The summed E-state index contributed by atoms with van der Waals surface area (Å²) in [5.41, 5.74) is -1.95. The van der Waals surface area contributed by atoms with Crippen molar-refractivity contribution >= 4 is 16.6 Å². The highest BCUT2D eigenvalue weighted by Crippen LogP contribution is 2.38. The minimum absolute atomic E-state index is 0.220. The Hall–Kier alpha value is -2.05. The summed E-state index contributed by atoms with van der Waals surface area (Å²) in [5.74, 6) is 0. The Balaban J connectivity index is 2.77. The second-order valence-electron chi connectivity index (χ2n) is 3.19. The maximum absolute atomic E-state index is 12.5. The molecule has 1 heterocycles. The molecule has 0 aliphatic heterocycles. The Kier molecular flexibility index (Phi) is 2.11. The van der Waals surface area contributed by atoms with Gasteiger partial charge in [0.1, 0.15) is 5.56 Å². The van der Waals surface area contributed by atoms with Crippen LogP contribution in [0.3, 0.4) is 0 Å². The molecule has 1 N–H and O–H groups in total. The smallest absolute Gasteiger partial charge is 0.361 e. The quantitative estimate of drug-likeness (QED) is 0.604. The summed E-state index contributed by atoms with van der Waals surface area (Å²) in [6, 6.07) is 3.13. The number of rotatable bonds is 1. The van der Waals surface area contributed by atoms with Gasteiger partial charge in [0, 0.05) is 23.2 Å². The first kappa shape index (κ1) is 10.5. The summed E-state index contributed by atoms with van der Waals surface area (Å²) in [7, 11) is 0. The van der Waals surface area contributed by atoms with Crippen molar-refractivity contribution in [3.05, 3.63) is 40.1 Å². The summed E-state index contributed by atoms with van der Waals surface area (Å²) in [4.78, 5) is 12.1. The maximum Gasteiger partial charge on any atom is 0.423 e. The van der Waals surface area contributed by atoms with Gasteiger partial charge in [-0.3, -0.25) is 10.1 Å². The van der Waals surface area contributed by atoms with Crippen LogP contribution < -0.4 is 0 Å². The average molecular weight is 230 g/mol. The highest BCUT2D eigenvalue weighted by molar-refractivity contribution is 5.83. The lowest BCUT2D eigenvalue weighted by atomic mass is 10.1. The third kappa shape index (κ3) is 1.60. The van der Waals surface area contributed by atoms with Crippen molar-refractivity contribution in [1.29, 1.82) is 0 Å². The van der Waals surface area contributed by atoms with Gasteiger partial charge in [0.05, 0.1) is 4.92 Å². The van der Waals surface area contributed by atoms with Gasteiger partial charge in [0.25, 0.3) is 5.69 Å². The summed E-state index contributed by atoms with van der Waals surface area (Å²) in [5, 5.41) is 10.9. The van der Waals surface area contributed by atoms with Gasteiger partial charge >= 0.3 is 6.18 Å². The van der Waals surface area contributed by atoms with Crippen molar-refractivity contribution in [2.75, 3.05) is 0 Å². The van der Waals surface area contributed by atoms with Crippen LogP contribution in [0.25, 0.3) is 10.9 Å². The highest BCUT2D eigenvalue weighted by atomic mass is 19.4. The zero-order chi connectivity index (χ0) is 11.9. The molecule has 0 saturated heterocycles. The van der Waals surface area contributed by atoms with E-state index in [4.69, 9.17) is 0 Å². The fourth-order valence-electron chi connectivity index (χ4n) is 1.47. The van der Waals surface area contributed by atoms with Crippen molar-refractivity contribution in [2.45, 2.75) is 6.18 Å². The van der Waals surface area contributed by atoms with Crippen LogP contribution in [0.15, 0.2) is 24.4 Å². The summed E-state index contributed by atoms with van der Waals surface area (Å²) in [6.45, 7) is 0. The number of nitro groups is 1. The van der Waals surface area contributed by atoms with E-state index in [0.29, 0.717) is 5.39 Å². The lowest BCUT2D eigenvalue weighted by Gasteiger charge is -2.07. The van der Waals surface area contributed by atoms with E-state index in [9.17, 15) is 23.3 Å². The van der Waals surface area contributed by atoms with E-state index >= 15 is 0 Å². The number of fused-ring (bicyclic) bond motifs is 1. The second-order valence-corrected chi connectivity index (χ2v) is 3.19. The molecular weight excluding hydrogens is 225 g/mol. The van der Waals surface area contributed by atoms with Gasteiger partial charge in [-0.1, -0.05) is 0 Å². The van der Waals surface area contributed by atoms with Crippen molar-refractivity contribution in [3.63, 3.8) is 0 Å². The number of hydrogen-bond acceptors (Lipinski definition) is 2. The Morgan fingerprint density at radius 2 is 2.00 bits per heavy atom. The molecule has 0 fully saturated rings. The van der Waals surface area contributed by atoms with Gasteiger partial charge in [-0.15, -0.1) is 0 Å². The Morgan fingerprint density at radius 3 is 2.56 bits per heavy atom. The first-order valence-corrected chi connectivity index (χ1v) is 4.22. The van der Waals surface area contributed by atoms with E-state index < -0.39 is 22.4 Å². The zero-order valence-corrected chi connectivity index (χ0v) is 7.71. The molecule has 0 aliphatic rings. The molecule has 1 aromatic carbocycles. The largest absolute Gasteiger partial charge is 0.423 e. The molecule has 2 rings (SSSR count). The van der Waals surface area contributed by atoms with E-state index in [1.54, 1.807) is 0 Å². The first-order chi connectivity index (χ1) is 7.39.